The lowest BCUT2D eigenvalue weighted by Gasteiger charge is -2.62. The fraction of sp³-hybridized carbons (Fsp3) is 0.667. The third-order valence-corrected chi connectivity index (χ3v) is 8.55. The summed E-state index contributed by atoms with van der Waals surface area (Å²) in [6.45, 7) is 10.6. The minimum absolute atomic E-state index is 0.123. The van der Waals surface area contributed by atoms with E-state index in [2.05, 4.69) is 0 Å². The van der Waals surface area contributed by atoms with Gasteiger partial charge in [0.15, 0.2) is 0 Å². The van der Waals surface area contributed by atoms with Crippen LogP contribution < -0.4 is 9.47 Å². The quantitative estimate of drug-likeness (QED) is 0.559. The van der Waals surface area contributed by atoms with E-state index in [1.807, 2.05) is 20.8 Å². The summed E-state index contributed by atoms with van der Waals surface area (Å²) in [7, 11) is 1.51. The standard InChI is InChI=1S/C27H36O9/c1-13-16-12-34-24(31)20(16)22(33-7)15-10-18-26(5,9-8-19(29)30)23(25(3,4)32)17(35-14(2)28)11-27(18,6)36-21(13)15/h17-18,23,32H,8-12H2,1-7H3,(H,29,30)/t17-,18-,23+,26-,27+/m0/s1. The van der Waals surface area contributed by atoms with Crippen molar-refractivity contribution in [3.05, 3.63) is 22.3 Å². The Kier molecular flexibility index (Phi) is 6.30. The molecule has 2 heterocycles. The lowest BCUT2D eigenvalue weighted by molar-refractivity contribution is -0.223. The van der Waals surface area contributed by atoms with Crippen LogP contribution in [0.2, 0.25) is 0 Å². The predicted molar refractivity (Wildman–Crippen MR) is 128 cm³/mol. The lowest BCUT2D eigenvalue weighted by atomic mass is 9.48. The fourth-order valence-electron chi connectivity index (χ4n) is 7.39. The minimum Gasteiger partial charge on any atom is -0.495 e. The highest BCUT2D eigenvalue weighted by Crippen LogP contribution is 2.62. The molecule has 1 aromatic rings. The van der Waals surface area contributed by atoms with Crippen LogP contribution in [0.5, 0.6) is 11.5 Å². The number of cyclic esters (lactones) is 1. The molecular weight excluding hydrogens is 468 g/mol. The Hall–Kier alpha value is -2.81. The van der Waals surface area contributed by atoms with Gasteiger partial charge in [-0.15, -0.1) is 0 Å². The molecule has 5 atom stereocenters. The number of methoxy groups -OCH3 is 1. The van der Waals surface area contributed by atoms with Crippen molar-refractivity contribution in [3.8, 4) is 11.5 Å². The molecule has 2 aliphatic heterocycles. The smallest absolute Gasteiger partial charge is 0.342 e. The molecule has 3 aliphatic rings. The summed E-state index contributed by atoms with van der Waals surface area (Å²) in [4.78, 5) is 36.4. The average Bonchev–Trinajstić information content (AvgIpc) is 3.12. The fourth-order valence-corrected chi connectivity index (χ4v) is 7.39. The Labute approximate surface area is 211 Å². The van der Waals surface area contributed by atoms with E-state index in [1.54, 1.807) is 13.8 Å². The molecule has 0 unspecified atom stereocenters. The van der Waals surface area contributed by atoms with Crippen LogP contribution in [-0.4, -0.2) is 52.5 Å². The van der Waals surface area contributed by atoms with E-state index in [9.17, 15) is 24.6 Å². The first-order valence-electron chi connectivity index (χ1n) is 12.3. The van der Waals surface area contributed by atoms with E-state index in [0.29, 0.717) is 29.9 Å². The van der Waals surface area contributed by atoms with Crippen LogP contribution in [0, 0.1) is 24.2 Å². The Balaban J connectivity index is 1.93. The molecule has 0 spiro atoms. The molecule has 1 aromatic carbocycles. The van der Waals surface area contributed by atoms with Gasteiger partial charge in [-0.2, -0.15) is 0 Å². The third kappa shape index (κ3) is 4.01. The largest absolute Gasteiger partial charge is 0.495 e. The number of carboxylic acid groups (broad SMARTS) is 1. The summed E-state index contributed by atoms with van der Waals surface area (Å²) in [5, 5.41) is 20.9. The van der Waals surface area contributed by atoms with Crippen molar-refractivity contribution in [3.63, 3.8) is 0 Å². The zero-order valence-electron chi connectivity index (χ0n) is 22.0. The van der Waals surface area contributed by atoms with E-state index in [-0.39, 0.29) is 25.4 Å². The zero-order chi connectivity index (χ0) is 26.8. The summed E-state index contributed by atoms with van der Waals surface area (Å²) >= 11 is 0. The molecule has 9 heteroatoms. The van der Waals surface area contributed by atoms with Crippen molar-refractivity contribution in [2.75, 3.05) is 7.11 Å². The highest BCUT2D eigenvalue weighted by atomic mass is 16.6. The first-order chi connectivity index (χ1) is 16.6. The monoisotopic (exact) mass is 504 g/mol. The van der Waals surface area contributed by atoms with Gasteiger partial charge in [0.1, 0.15) is 35.4 Å². The van der Waals surface area contributed by atoms with Gasteiger partial charge in [-0.05, 0) is 51.5 Å². The van der Waals surface area contributed by atoms with Gasteiger partial charge in [-0.3, -0.25) is 9.59 Å². The van der Waals surface area contributed by atoms with E-state index < -0.39 is 46.5 Å². The second kappa shape index (κ2) is 8.64. The number of esters is 2. The van der Waals surface area contributed by atoms with Gasteiger partial charge in [0, 0.05) is 42.7 Å². The summed E-state index contributed by atoms with van der Waals surface area (Å²) < 4.78 is 23.6. The lowest BCUT2D eigenvalue weighted by Crippen LogP contribution is -2.66. The van der Waals surface area contributed by atoms with Crippen molar-refractivity contribution in [2.24, 2.45) is 17.3 Å². The number of hydrogen-bond donors (Lipinski definition) is 2. The normalized spacial score (nSPS) is 30.9. The van der Waals surface area contributed by atoms with Crippen molar-refractivity contribution in [1.82, 2.24) is 0 Å². The predicted octanol–water partition coefficient (Wildman–Crippen LogP) is 3.58. The number of benzene rings is 1. The molecule has 198 valence electrons. The molecule has 0 amide bonds. The molecule has 1 saturated carbocycles. The first kappa shape index (κ1) is 26.3. The van der Waals surface area contributed by atoms with Crippen molar-refractivity contribution in [1.29, 1.82) is 0 Å². The Morgan fingerprint density at radius 2 is 1.89 bits per heavy atom. The second-order valence-corrected chi connectivity index (χ2v) is 11.4. The molecule has 9 nitrogen and oxygen atoms in total. The molecule has 4 rings (SSSR count). The summed E-state index contributed by atoms with van der Waals surface area (Å²) in [5.74, 6) is -1.67. The molecule has 1 aliphatic carbocycles. The van der Waals surface area contributed by atoms with Crippen molar-refractivity contribution >= 4 is 17.9 Å². The van der Waals surface area contributed by atoms with Gasteiger partial charge in [0.25, 0.3) is 0 Å². The number of aliphatic hydroxyl groups is 1. The number of carbonyl (C=O) groups is 3. The number of hydrogen-bond acceptors (Lipinski definition) is 8. The van der Waals surface area contributed by atoms with Gasteiger partial charge in [0.05, 0.1) is 12.7 Å². The first-order valence-corrected chi connectivity index (χ1v) is 12.3. The number of carbonyl (C=O) groups excluding carboxylic acids is 2. The zero-order valence-corrected chi connectivity index (χ0v) is 22.0. The van der Waals surface area contributed by atoms with E-state index >= 15 is 0 Å². The number of aliphatic carboxylic acids is 1. The van der Waals surface area contributed by atoms with E-state index in [4.69, 9.17) is 18.9 Å². The summed E-state index contributed by atoms with van der Waals surface area (Å²) in [6, 6.07) is 0. The maximum atomic E-state index is 12.6. The van der Waals surface area contributed by atoms with Crippen molar-refractivity contribution in [2.45, 2.75) is 91.1 Å². The van der Waals surface area contributed by atoms with Crippen LogP contribution >= 0.6 is 0 Å². The van der Waals surface area contributed by atoms with Crippen LogP contribution in [0.4, 0.5) is 0 Å². The molecular formula is C27H36O9. The summed E-state index contributed by atoms with van der Waals surface area (Å²) in [6.07, 6.45) is 0.184. The van der Waals surface area contributed by atoms with Gasteiger partial charge < -0.3 is 29.2 Å². The highest BCUT2D eigenvalue weighted by molar-refractivity contribution is 5.98. The van der Waals surface area contributed by atoms with Crippen LogP contribution in [0.3, 0.4) is 0 Å². The van der Waals surface area contributed by atoms with Gasteiger partial charge in [0.2, 0.25) is 0 Å². The maximum Gasteiger partial charge on any atom is 0.342 e. The van der Waals surface area contributed by atoms with Crippen LogP contribution in [-0.2, 0) is 32.1 Å². The number of carboxylic acids is 1. The van der Waals surface area contributed by atoms with Crippen LogP contribution in [0.25, 0.3) is 0 Å². The molecule has 0 bridgehead atoms. The molecule has 0 saturated heterocycles. The Bertz CT molecular complexity index is 1120. The van der Waals surface area contributed by atoms with Gasteiger partial charge >= 0.3 is 17.9 Å². The van der Waals surface area contributed by atoms with Gasteiger partial charge in [-0.25, -0.2) is 4.79 Å². The minimum atomic E-state index is -1.28. The maximum absolute atomic E-state index is 12.6. The molecule has 0 aromatic heterocycles. The topological polar surface area (TPSA) is 129 Å². The van der Waals surface area contributed by atoms with E-state index in [0.717, 1.165) is 16.7 Å². The summed E-state index contributed by atoms with van der Waals surface area (Å²) in [5.41, 5.74) is -0.259. The highest BCUT2D eigenvalue weighted by Gasteiger charge is 2.64. The van der Waals surface area contributed by atoms with Gasteiger partial charge in [-0.1, -0.05) is 6.92 Å². The molecule has 0 radical (unpaired) electrons. The number of fused-ring (bicyclic) bond motifs is 3. The van der Waals surface area contributed by atoms with Crippen LogP contribution in [0.15, 0.2) is 0 Å². The van der Waals surface area contributed by atoms with Crippen LogP contribution in [0.1, 0.15) is 80.9 Å². The number of rotatable bonds is 6. The molecule has 36 heavy (non-hydrogen) atoms. The Morgan fingerprint density at radius 1 is 1.22 bits per heavy atom. The van der Waals surface area contributed by atoms with Crippen molar-refractivity contribution < 1.29 is 43.5 Å². The SMILES string of the molecule is COc1c2c(c(C)c3c1C(=O)OC3)O[C@]1(C)C[C@H](OC(C)=O)[C@H](C(C)(C)O)[C@@](C)(CCC(=O)O)[C@@H]1C2. The molecule has 1 fully saturated rings. The average molecular weight is 505 g/mol. The van der Waals surface area contributed by atoms with E-state index in [1.165, 1.54) is 14.0 Å². The molecule has 2 N–H and O–H groups in total. The number of ether oxygens (including phenoxy) is 4. The second-order valence-electron chi connectivity index (χ2n) is 11.4. The third-order valence-electron chi connectivity index (χ3n) is 8.55. The Morgan fingerprint density at radius 3 is 2.44 bits per heavy atom.